The summed E-state index contributed by atoms with van der Waals surface area (Å²) in [5, 5.41) is 12.3. The number of carbonyl (C=O) groups is 1. The second kappa shape index (κ2) is 3.97. The molecule has 4 nitrogen and oxygen atoms in total. The Balaban J connectivity index is 2.52. The highest BCUT2D eigenvalue weighted by Gasteiger charge is 2.12. The molecule has 88 valence electrons. The van der Waals surface area contributed by atoms with Crippen LogP contribution < -0.4 is 0 Å². The van der Waals surface area contributed by atoms with Crippen LogP contribution in [0.2, 0.25) is 0 Å². The average Bonchev–Trinajstić information content (AvgIpc) is 2.72. The summed E-state index contributed by atoms with van der Waals surface area (Å²) in [7, 11) is 0. The van der Waals surface area contributed by atoms with Gasteiger partial charge >= 0.3 is 5.97 Å². The van der Waals surface area contributed by atoms with Crippen LogP contribution in [0, 0.1) is 18.6 Å². The first kappa shape index (κ1) is 11.3. The van der Waals surface area contributed by atoms with E-state index in [4.69, 9.17) is 5.11 Å². The predicted molar refractivity (Wildman–Crippen MR) is 55.2 cm³/mol. The number of benzene rings is 1. The van der Waals surface area contributed by atoms with Crippen LogP contribution in [0.25, 0.3) is 5.69 Å². The Kier molecular flexibility index (Phi) is 2.63. The molecule has 1 N–H and O–H groups in total. The van der Waals surface area contributed by atoms with Crippen molar-refractivity contribution in [1.82, 2.24) is 9.78 Å². The van der Waals surface area contributed by atoms with Crippen molar-refractivity contribution in [3.63, 3.8) is 0 Å². The first-order valence-corrected chi connectivity index (χ1v) is 4.74. The third-order valence-corrected chi connectivity index (χ3v) is 2.28. The number of aromatic nitrogens is 2. The van der Waals surface area contributed by atoms with Crippen molar-refractivity contribution in [2.24, 2.45) is 0 Å². The summed E-state index contributed by atoms with van der Waals surface area (Å²) >= 11 is 0. The Hall–Kier alpha value is -2.24. The molecule has 0 aliphatic carbocycles. The molecule has 0 aliphatic rings. The summed E-state index contributed by atoms with van der Waals surface area (Å²) in [6.07, 6.45) is 1.26. The van der Waals surface area contributed by atoms with Crippen LogP contribution in [-0.2, 0) is 0 Å². The SMILES string of the molecule is Cc1cc(F)c(-n2ccc(C(=O)O)n2)cc1F. The van der Waals surface area contributed by atoms with Crippen molar-refractivity contribution in [1.29, 1.82) is 0 Å². The zero-order valence-electron chi connectivity index (χ0n) is 8.82. The largest absolute Gasteiger partial charge is 0.476 e. The van der Waals surface area contributed by atoms with Crippen LogP contribution in [0.5, 0.6) is 0 Å². The maximum atomic E-state index is 13.6. The van der Waals surface area contributed by atoms with Crippen LogP contribution in [0.4, 0.5) is 8.78 Å². The van der Waals surface area contributed by atoms with Gasteiger partial charge in [-0.05, 0) is 24.6 Å². The Morgan fingerprint density at radius 2 is 2.06 bits per heavy atom. The van der Waals surface area contributed by atoms with Crippen LogP contribution >= 0.6 is 0 Å². The Morgan fingerprint density at radius 1 is 1.35 bits per heavy atom. The minimum Gasteiger partial charge on any atom is -0.476 e. The van der Waals surface area contributed by atoms with Crippen molar-refractivity contribution < 1.29 is 18.7 Å². The van der Waals surface area contributed by atoms with Crippen LogP contribution in [0.15, 0.2) is 24.4 Å². The number of hydrogen-bond donors (Lipinski definition) is 1. The van der Waals surface area contributed by atoms with Gasteiger partial charge in [-0.1, -0.05) is 0 Å². The molecule has 2 rings (SSSR count). The van der Waals surface area contributed by atoms with Gasteiger partial charge in [0.2, 0.25) is 0 Å². The van der Waals surface area contributed by atoms with Gasteiger partial charge < -0.3 is 5.11 Å². The van der Waals surface area contributed by atoms with E-state index >= 15 is 0 Å². The standard InChI is InChI=1S/C11H8F2N2O2/c1-6-4-8(13)10(5-7(6)12)15-3-2-9(14-15)11(16)17/h2-5H,1H3,(H,16,17). The maximum Gasteiger partial charge on any atom is 0.356 e. The van der Waals surface area contributed by atoms with Gasteiger partial charge in [0.05, 0.1) is 0 Å². The topological polar surface area (TPSA) is 55.1 Å². The quantitative estimate of drug-likeness (QED) is 0.872. The molecule has 17 heavy (non-hydrogen) atoms. The number of aryl methyl sites for hydroxylation is 1. The van der Waals surface area contributed by atoms with Crippen molar-refractivity contribution >= 4 is 5.97 Å². The number of hydrogen-bond acceptors (Lipinski definition) is 2. The molecule has 2 aromatic rings. The van der Waals surface area contributed by atoms with Gasteiger partial charge in [-0.15, -0.1) is 0 Å². The first-order valence-electron chi connectivity index (χ1n) is 4.74. The predicted octanol–water partition coefficient (Wildman–Crippen LogP) is 2.16. The molecule has 0 fully saturated rings. The van der Waals surface area contributed by atoms with E-state index in [-0.39, 0.29) is 16.9 Å². The molecule has 0 unspecified atom stereocenters. The van der Waals surface area contributed by atoms with Gasteiger partial charge in [0.15, 0.2) is 5.69 Å². The highest BCUT2D eigenvalue weighted by molar-refractivity contribution is 5.85. The highest BCUT2D eigenvalue weighted by atomic mass is 19.1. The fraction of sp³-hybridized carbons (Fsp3) is 0.0909. The molecule has 0 aliphatic heterocycles. The Labute approximate surface area is 95.1 Å². The number of carboxylic acid groups (broad SMARTS) is 1. The zero-order chi connectivity index (χ0) is 12.6. The van der Waals surface area contributed by atoms with Crippen molar-refractivity contribution in [2.75, 3.05) is 0 Å². The summed E-state index contributed by atoms with van der Waals surface area (Å²) in [5.41, 5.74) is -0.178. The molecule has 0 radical (unpaired) electrons. The van der Waals surface area contributed by atoms with E-state index in [0.29, 0.717) is 0 Å². The lowest BCUT2D eigenvalue weighted by molar-refractivity contribution is 0.0690. The third-order valence-electron chi connectivity index (χ3n) is 2.28. The molecule has 6 heteroatoms. The number of halogens is 2. The summed E-state index contributed by atoms with van der Waals surface area (Å²) in [5.74, 6) is -2.46. The first-order chi connectivity index (χ1) is 7.99. The van der Waals surface area contributed by atoms with E-state index in [0.717, 1.165) is 16.8 Å². The minimum absolute atomic E-state index is 0.124. The average molecular weight is 238 g/mol. The van der Waals surface area contributed by atoms with Crippen molar-refractivity contribution in [3.8, 4) is 5.69 Å². The second-order valence-corrected chi connectivity index (χ2v) is 3.50. The van der Waals surface area contributed by atoms with E-state index in [1.165, 1.54) is 19.2 Å². The van der Waals surface area contributed by atoms with Crippen LogP contribution in [0.3, 0.4) is 0 Å². The minimum atomic E-state index is -1.23. The van der Waals surface area contributed by atoms with E-state index in [9.17, 15) is 13.6 Å². The molecule has 0 atom stereocenters. The van der Waals surface area contributed by atoms with E-state index < -0.39 is 17.6 Å². The van der Waals surface area contributed by atoms with Crippen LogP contribution in [0.1, 0.15) is 16.1 Å². The van der Waals surface area contributed by atoms with Gasteiger partial charge in [0.25, 0.3) is 0 Å². The number of rotatable bonds is 2. The summed E-state index contributed by atoms with van der Waals surface area (Å²) in [4.78, 5) is 10.6. The molecule has 1 aromatic carbocycles. The third kappa shape index (κ3) is 2.01. The lowest BCUT2D eigenvalue weighted by Crippen LogP contribution is -2.03. The fourth-order valence-corrected chi connectivity index (χ4v) is 1.38. The number of carboxylic acids is 1. The zero-order valence-corrected chi connectivity index (χ0v) is 8.82. The highest BCUT2D eigenvalue weighted by Crippen LogP contribution is 2.17. The van der Waals surface area contributed by atoms with Gasteiger partial charge in [0.1, 0.15) is 17.3 Å². The normalized spacial score (nSPS) is 10.5. The molecular formula is C11H8F2N2O2. The smallest absolute Gasteiger partial charge is 0.356 e. The molecular weight excluding hydrogens is 230 g/mol. The Morgan fingerprint density at radius 3 is 2.65 bits per heavy atom. The summed E-state index contributed by atoms with van der Waals surface area (Å²) in [6.45, 7) is 1.44. The van der Waals surface area contributed by atoms with Gasteiger partial charge in [-0.25, -0.2) is 18.3 Å². The van der Waals surface area contributed by atoms with Crippen molar-refractivity contribution in [3.05, 3.63) is 47.3 Å². The maximum absolute atomic E-state index is 13.6. The lowest BCUT2D eigenvalue weighted by Gasteiger charge is -2.05. The monoisotopic (exact) mass is 238 g/mol. The van der Waals surface area contributed by atoms with E-state index in [1.807, 2.05) is 0 Å². The molecule has 1 aromatic heterocycles. The molecule has 0 amide bonds. The van der Waals surface area contributed by atoms with E-state index in [1.54, 1.807) is 0 Å². The van der Waals surface area contributed by atoms with Gasteiger partial charge in [-0.3, -0.25) is 0 Å². The summed E-state index contributed by atoms with van der Waals surface area (Å²) in [6, 6.07) is 3.22. The molecule has 0 bridgehead atoms. The number of nitrogens with zero attached hydrogens (tertiary/aromatic N) is 2. The fourth-order valence-electron chi connectivity index (χ4n) is 1.38. The number of aromatic carboxylic acids is 1. The lowest BCUT2D eigenvalue weighted by atomic mass is 10.2. The van der Waals surface area contributed by atoms with Gasteiger partial charge in [-0.2, -0.15) is 5.10 Å². The van der Waals surface area contributed by atoms with Gasteiger partial charge in [0, 0.05) is 12.3 Å². The molecule has 0 spiro atoms. The van der Waals surface area contributed by atoms with Crippen molar-refractivity contribution in [2.45, 2.75) is 6.92 Å². The summed E-state index contributed by atoms with van der Waals surface area (Å²) < 4.78 is 27.8. The molecule has 0 saturated heterocycles. The molecule has 0 saturated carbocycles. The van der Waals surface area contributed by atoms with E-state index in [2.05, 4.69) is 5.10 Å². The Bertz CT molecular complexity index is 593. The molecule has 1 heterocycles. The second-order valence-electron chi connectivity index (χ2n) is 3.50. The van der Waals surface area contributed by atoms with Crippen LogP contribution in [-0.4, -0.2) is 20.9 Å².